The van der Waals surface area contributed by atoms with Gasteiger partial charge in [-0.05, 0) is 50.5 Å². The number of rotatable bonds is 5. The van der Waals surface area contributed by atoms with Crippen molar-refractivity contribution in [3.8, 4) is 0 Å². The van der Waals surface area contributed by atoms with Crippen LogP contribution in [0, 0.1) is 25.7 Å². The van der Waals surface area contributed by atoms with Crippen molar-refractivity contribution < 1.29 is 19.5 Å². The van der Waals surface area contributed by atoms with Gasteiger partial charge in [-0.1, -0.05) is 60.7 Å². The summed E-state index contributed by atoms with van der Waals surface area (Å²) in [7, 11) is 0. The molecule has 0 radical (unpaired) electrons. The van der Waals surface area contributed by atoms with Gasteiger partial charge in [0.15, 0.2) is 0 Å². The van der Waals surface area contributed by atoms with Crippen LogP contribution in [-0.4, -0.2) is 69.5 Å². The second-order valence-corrected chi connectivity index (χ2v) is 13.2. The summed E-state index contributed by atoms with van der Waals surface area (Å²) < 4.78 is -1.57. The van der Waals surface area contributed by atoms with E-state index in [1.807, 2.05) is 87.5 Å². The minimum atomic E-state index is -0.909. The smallest absolute Gasteiger partial charge is 0.251 e. The summed E-state index contributed by atoms with van der Waals surface area (Å²) in [6.45, 7) is 7.02. The van der Waals surface area contributed by atoms with Gasteiger partial charge in [-0.15, -0.1) is 11.8 Å². The SMILES string of the molecule is Cc1cccc(C)c1N1CC=C[C@]23S[C@]4(C)C=CCN(c5ccccc5)C(=O)[C@@H]4[C@H]2C(=O)N(CCCO)C3C1=O. The molecule has 208 valence electrons. The molecule has 4 aliphatic heterocycles. The Morgan fingerprint density at radius 1 is 0.850 bits per heavy atom. The van der Waals surface area contributed by atoms with Crippen LogP contribution in [0.25, 0.3) is 0 Å². The predicted molar refractivity (Wildman–Crippen MR) is 158 cm³/mol. The van der Waals surface area contributed by atoms with Crippen molar-refractivity contribution in [2.24, 2.45) is 11.8 Å². The summed E-state index contributed by atoms with van der Waals surface area (Å²) in [6.07, 6.45) is 8.50. The first kappa shape index (κ1) is 26.8. The van der Waals surface area contributed by atoms with Crippen molar-refractivity contribution in [2.75, 3.05) is 36.0 Å². The predicted octanol–water partition coefficient (Wildman–Crippen LogP) is 3.88. The van der Waals surface area contributed by atoms with Gasteiger partial charge >= 0.3 is 0 Å². The first-order valence-electron chi connectivity index (χ1n) is 13.9. The van der Waals surface area contributed by atoms with Gasteiger partial charge in [-0.25, -0.2) is 0 Å². The fourth-order valence-electron chi connectivity index (χ4n) is 7.27. The molecular weight excluding hydrogens is 522 g/mol. The first-order valence-corrected chi connectivity index (χ1v) is 14.8. The van der Waals surface area contributed by atoms with Crippen LogP contribution < -0.4 is 9.80 Å². The van der Waals surface area contributed by atoms with E-state index in [1.54, 1.807) is 26.5 Å². The van der Waals surface area contributed by atoms with Crippen LogP contribution in [0.5, 0.6) is 0 Å². The van der Waals surface area contributed by atoms with Crippen LogP contribution in [0.3, 0.4) is 0 Å². The lowest BCUT2D eigenvalue weighted by Gasteiger charge is -2.37. The van der Waals surface area contributed by atoms with E-state index in [1.165, 1.54) is 0 Å². The molecule has 2 aromatic carbocycles. The van der Waals surface area contributed by atoms with Crippen molar-refractivity contribution in [3.63, 3.8) is 0 Å². The molecule has 0 saturated carbocycles. The highest BCUT2D eigenvalue weighted by molar-refractivity contribution is 8.02. The van der Waals surface area contributed by atoms with Gasteiger partial charge in [0.2, 0.25) is 11.8 Å². The molecule has 2 saturated heterocycles. The maximum Gasteiger partial charge on any atom is 0.251 e. The van der Waals surface area contributed by atoms with Crippen molar-refractivity contribution in [2.45, 2.75) is 42.7 Å². The molecule has 0 aromatic heterocycles. The largest absolute Gasteiger partial charge is 0.396 e. The topological polar surface area (TPSA) is 81.2 Å². The highest BCUT2D eigenvalue weighted by atomic mass is 32.2. The van der Waals surface area contributed by atoms with Gasteiger partial charge in [-0.3, -0.25) is 14.4 Å². The summed E-state index contributed by atoms with van der Waals surface area (Å²) in [5.41, 5.74) is 3.64. The lowest BCUT2D eigenvalue weighted by atomic mass is 9.74. The molecule has 8 heteroatoms. The normalized spacial score (nSPS) is 31.2. The van der Waals surface area contributed by atoms with E-state index < -0.39 is 27.4 Å². The standard InChI is InChI=1S/C32H35N3O4S/c1-21-11-7-12-22(2)26(21)34-18-9-16-32-25(29(38)35(19-10-20-36)27(32)30(34)39)24-28(37)33(23-13-5-4-6-14-23)17-8-15-31(24,3)40-32/h4-9,11-16,24-25,27,36H,10,17-20H2,1-3H3/t24-,25-,27?,31+,32-/m0/s1. The van der Waals surface area contributed by atoms with Crippen LogP contribution in [0.15, 0.2) is 72.8 Å². The van der Waals surface area contributed by atoms with Crippen molar-refractivity contribution >= 4 is 40.9 Å². The van der Waals surface area contributed by atoms with Gasteiger partial charge < -0.3 is 19.8 Å². The molecule has 3 amide bonds. The molecule has 5 atom stereocenters. The van der Waals surface area contributed by atoms with Crippen LogP contribution >= 0.6 is 11.8 Å². The molecule has 2 fully saturated rings. The maximum absolute atomic E-state index is 14.6. The summed E-state index contributed by atoms with van der Waals surface area (Å²) in [4.78, 5) is 48.7. The van der Waals surface area contributed by atoms with Gasteiger partial charge in [0, 0.05) is 42.4 Å². The van der Waals surface area contributed by atoms with Gasteiger partial charge in [-0.2, -0.15) is 0 Å². The number of aliphatic hydroxyl groups is 1. The number of anilines is 2. The zero-order valence-corrected chi connectivity index (χ0v) is 23.9. The van der Waals surface area contributed by atoms with E-state index in [4.69, 9.17) is 0 Å². The Labute approximate surface area is 239 Å². The maximum atomic E-state index is 14.6. The monoisotopic (exact) mass is 557 g/mol. The molecule has 1 unspecified atom stereocenters. The third-order valence-electron chi connectivity index (χ3n) is 8.89. The second-order valence-electron chi connectivity index (χ2n) is 11.4. The van der Waals surface area contributed by atoms with Crippen LogP contribution in [0.2, 0.25) is 0 Å². The number of benzene rings is 2. The minimum absolute atomic E-state index is 0.0868. The zero-order valence-electron chi connectivity index (χ0n) is 23.1. The van der Waals surface area contributed by atoms with Crippen molar-refractivity contribution in [1.82, 2.24) is 4.90 Å². The highest BCUT2D eigenvalue weighted by Crippen LogP contribution is 2.65. The second kappa shape index (κ2) is 9.93. The summed E-state index contributed by atoms with van der Waals surface area (Å²) >= 11 is 1.58. The number of aliphatic hydroxyl groups excluding tert-OH is 1. The Bertz CT molecular complexity index is 1400. The minimum Gasteiger partial charge on any atom is -0.396 e. The van der Waals surface area contributed by atoms with Gasteiger partial charge in [0.05, 0.1) is 16.6 Å². The zero-order chi connectivity index (χ0) is 28.2. The molecule has 1 spiro atoms. The Morgan fingerprint density at radius 2 is 1.52 bits per heavy atom. The van der Waals surface area contributed by atoms with E-state index in [2.05, 4.69) is 6.08 Å². The number of likely N-dealkylation sites (tertiary alicyclic amines) is 1. The number of nitrogens with zero attached hydrogens (tertiary/aromatic N) is 3. The quantitative estimate of drug-likeness (QED) is 0.565. The van der Waals surface area contributed by atoms with E-state index in [0.717, 1.165) is 22.5 Å². The molecule has 7 nitrogen and oxygen atoms in total. The van der Waals surface area contributed by atoms with E-state index in [0.29, 0.717) is 19.5 Å². The number of hydrogen-bond donors (Lipinski definition) is 1. The number of carbonyl (C=O) groups excluding carboxylic acids is 3. The number of amides is 3. The van der Waals surface area contributed by atoms with Crippen LogP contribution in [0.4, 0.5) is 11.4 Å². The van der Waals surface area contributed by atoms with Crippen LogP contribution in [0.1, 0.15) is 24.5 Å². The summed E-state index contributed by atoms with van der Waals surface area (Å²) in [5, 5.41) is 9.68. The fourth-order valence-corrected chi connectivity index (χ4v) is 9.43. The molecule has 4 heterocycles. The number of aryl methyl sites for hydroxylation is 2. The third kappa shape index (κ3) is 3.87. The molecule has 2 aromatic rings. The van der Waals surface area contributed by atoms with E-state index in [9.17, 15) is 19.5 Å². The Kier molecular flexibility index (Phi) is 6.66. The van der Waals surface area contributed by atoms with Gasteiger partial charge in [0.1, 0.15) is 6.04 Å². The molecular formula is C32H35N3O4S. The lowest BCUT2D eigenvalue weighted by molar-refractivity contribution is -0.139. The number of para-hydroxylation sites is 2. The molecule has 6 rings (SSSR count). The molecule has 4 aliphatic rings. The summed E-state index contributed by atoms with van der Waals surface area (Å²) in [5.74, 6) is -1.76. The third-order valence-corrected chi connectivity index (χ3v) is 10.7. The molecule has 40 heavy (non-hydrogen) atoms. The van der Waals surface area contributed by atoms with E-state index >= 15 is 0 Å². The number of hydrogen-bond acceptors (Lipinski definition) is 5. The molecule has 0 aliphatic carbocycles. The van der Waals surface area contributed by atoms with Gasteiger partial charge in [0.25, 0.3) is 5.91 Å². The Morgan fingerprint density at radius 3 is 2.23 bits per heavy atom. The van der Waals surface area contributed by atoms with Crippen molar-refractivity contribution in [1.29, 1.82) is 0 Å². The van der Waals surface area contributed by atoms with E-state index in [-0.39, 0.29) is 30.9 Å². The number of fused-ring (bicyclic) bond motifs is 2. The lowest BCUT2D eigenvalue weighted by Crippen LogP contribution is -2.54. The molecule has 1 N–H and O–H groups in total. The molecule has 0 bridgehead atoms. The fraction of sp³-hybridized carbons (Fsp3) is 0.406. The Balaban J connectivity index is 1.48. The Hall–Kier alpha value is -3.36. The average Bonchev–Trinajstić information content (AvgIpc) is 3.20. The van der Waals surface area contributed by atoms with Crippen LogP contribution in [-0.2, 0) is 14.4 Å². The number of thioether (sulfide) groups is 1. The number of carbonyl (C=O) groups is 3. The first-order chi connectivity index (χ1) is 19.2. The summed E-state index contributed by atoms with van der Waals surface area (Å²) in [6, 6.07) is 14.7. The highest BCUT2D eigenvalue weighted by Gasteiger charge is 2.74. The van der Waals surface area contributed by atoms with Crippen molar-refractivity contribution in [3.05, 3.63) is 84.0 Å². The average molecular weight is 558 g/mol.